The van der Waals surface area contributed by atoms with E-state index in [4.69, 9.17) is 0 Å². The number of piperazine rings is 1. The van der Waals surface area contributed by atoms with Gasteiger partial charge in [0, 0.05) is 37.5 Å². The van der Waals surface area contributed by atoms with Gasteiger partial charge in [0.05, 0.1) is 10.5 Å². The first-order valence-electron chi connectivity index (χ1n) is 7.86. The van der Waals surface area contributed by atoms with Crippen molar-refractivity contribution in [2.45, 2.75) is 44.6 Å². The minimum atomic E-state index is -0.293. The summed E-state index contributed by atoms with van der Waals surface area (Å²) in [5, 5.41) is 14.6. The van der Waals surface area contributed by atoms with Crippen molar-refractivity contribution in [2.24, 2.45) is 0 Å². The average Bonchev–Trinajstić information content (AvgIpc) is 2.49. The molecule has 0 unspecified atom stereocenters. The van der Waals surface area contributed by atoms with Crippen LogP contribution < -0.4 is 10.2 Å². The first kappa shape index (κ1) is 14.3. The third-order valence-electron chi connectivity index (χ3n) is 5.02. The van der Waals surface area contributed by atoms with Crippen molar-refractivity contribution < 1.29 is 4.92 Å². The van der Waals surface area contributed by atoms with Gasteiger partial charge in [0.25, 0.3) is 5.69 Å². The predicted octanol–water partition coefficient (Wildman–Crippen LogP) is 3.02. The van der Waals surface area contributed by atoms with Gasteiger partial charge >= 0.3 is 0 Å². The maximum Gasteiger partial charge on any atom is 0.271 e. The molecule has 1 aliphatic heterocycles. The molecule has 114 valence electrons. The van der Waals surface area contributed by atoms with Crippen molar-refractivity contribution in [3.63, 3.8) is 0 Å². The molecule has 1 aromatic rings. The predicted molar refractivity (Wildman–Crippen MR) is 83.9 cm³/mol. The lowest BCUT2D eigenvalue weighted by molar-refractivity contribution is -0.384. The Morgan fingerprint density at radius 2 is 2.05 bits per heavy atom. The lowest BCUT2D eigenvalue weighted by Gasteiger charge is -2.51. The number of nitro benzene ring substituents is 1. The largest absolute Gasteiger partial charge is 0.363 e. The molecule has 5 nitrogen and oxygen atoms in total. The molecule has 0 atom stereocenters. The number of rotatable bonds is 2. The SMILES string of the molecule is Cc1ccc([N+](=O)[O-])cc1N1CCNCC12CCCCC2. The van der Waals surface area contributed by atoms with Crippen LogP contribution in [0.25, 0.3) is 0 Å². The highest BCUT2D eigenvalue weighted by molar-refractivity contribution is 5.61. The third kappa shape index (κ3) is 2.62. The monoisotopic (exact) mass is 289 g/mol. The first-order valence-corrected chi connectivity index (χ1v) is 7.86. The second-order valence-electron chi connectivity index (χ2n) is 6.34. The Kier molecular flexibility index (Phi) is 3.85. The lowest BCUT2D eigenvalue weighted by atomic mass is 9.78. The number of hydrogen-bond acceptors (Lipinski definition) is 4. The molecule has 1 saturated carbocycles. The third-order valence-corrected chi connectivity index (χ3v) is 5.02. The highest BCUT2D eigenvalue weighted by Gasteiger charge is 2.40. The van der Waals surface area contributed by atoms with Crippen LogP contribution in [0.15, 0.2) is 18.2 Å². The second kappa shape index (κ2) is 5.64. The first-order chi connectivity index (χ1) is 10.1. The maximum absolute atomic E-state index is 11.1. The molecule has 1 aromatic carbocycles. The molecule has 21 heavy (non-hydrogen) atoms. The van der Waals surface area contributed by atoms with Gasteiger partial charge in [-0.25, -0.2) is 0 Å². The zero-order valence-electron chi connectivity index (χ0n) is 12.6. The van der Waals surface area contributed by atoms with E-state index in [0.717, 1.165) is 30.9 Å². The number of non-ortho nitro benzene ring substituents is 1. The molecule has 2 fully saturated rings. The molecule has 1 spiro atoms. The van der Waals surface area contributed by atoms with Crippen molar-refractivity contribution in [1.29, 1.82) is 0 Å². The zero-order valence-corrected chi connectivity index (χ0v) is 12.6. The summed E-state index contributed by atoms with van der Waals surface area (Å²) in [4.78, 5) is 13.2. The standard InChI is InChI=1S/C16H23N3O2/c1-13-5-6-14(19(20)21)11-15(13)18-10-9-17-12-16(18)7-3-2-4-8-16/h5-6,11,17H,2-4,7-10,12H2,1H3. The minimum Gasteiger partial charge on any atom is -0.363 e. The Morgan fingerprint density at radius 1 is 1.29 bits per heavy atom. The summed E-state index contributed by atoms with van der Waals surface area (Å²) in [7, 11) is 0. The van der Waals surface area contributed by atoms with Gasteiger partial charge in [0.1, 0.15) is 0 Å². The Labute approximate surface area is 125 Å². The smallest absolute Gasteiger partial charge is 0.271 e. The number of nitrogens with one attached hydrogen (secondary N) is 1. The van der Waals surface area contributed by atoms with E-state index in [1.165, 1.54) is 32.1 Å². The number of nitro groups is 1. The second-order valence-corrected chi connectivity index (χ2v) is 6.34. The van der Waals surface area contributed by atoms with Gasteiger partial charge in [-0.2, -0.15) is 0 Å². The molecule has 1 N–H and O–H groups in total. The summed E-state index contributed by atoms with van der Waals surface area (Å²) in [5.74, 6) is 0. The summed E-state index contributed by atoms with van der Waals surface area (Å²) in [6.07, 6.45) is 6.19. The van der Waals surface area contributed by atoms with Crippen molar-refractivity contribution in [1.82, 2.24) is 5.32 Å². The van der Waals surface area contributed by atoms with Crippen molar-refractivity contribution in [3.05, 3.63) is 33.9 Å². The van der Waals surface area contributed by atoms with Crippen LogP contribution in [0.2, 0.25) is 0 Å². The van der Waals surface area contributed by atoms with Gasteiger partial charge in [-0.1, -0.05) is 25.3 Å². The van der Waals surface area contributed by atoms with Crippen LogP contribution in [0.5, 0.6) is 0 Å². The number of hydrogen-bond donors (Lipinski definition) is 1. The molecule has 1 heterocycles. The molecular weight excluding hydrogens is 266 g/mol. The lowest BCUT2D eigenvalue weighted by Crippen LogP contribution is -2.62. The summed E-state index contributed by atoms with van der Waals surface area (Å²) in [6.45, 7) is 4.93. The highest BCUT2D eigenvalue weighted by atomic mass is 16.6. The van der Waals surface area contributed by atoms with E-state index in [-0.39, 0.29) is 16.1 Å². The molecule has 0 amide bonds. The minimum absolute atomic E-state index is 0.149. The molecular formula is C16H23N3O2. The molecule has 0 bridgehead atoms. The fourth-order valence-corrected chi connectivity index (χ4v) is 3.88. The molecule has 5 heteroatoms. The summed E-state index contributed by atoms with van der Waals surface area (Å²) in [6, 6.07) is 5.25. The summed E-state index contributed by atoms with van der Waals surface area (Å²) >= 11 is 0. The van der Waals surface area contributed by atoms with Crippen LogP contribution in [-0.4, -0.2) is 30.1 Å². The van der Waals surface area contributed by atoms with Crippen LogP contribution >= 0.6 is 0 Å². The Bertz CT molecular complexity index is 530. The van der Waals surface area contributed by atoms with E-state index in [1.807, 2.05) is 6.07 Å². The molecule has 0 radical (unpaired) electrons. The highest BCUT2D eigenvalue weighted by Crippen LogP contribution is 2.39. The fraction of sp³-hybridized carbons (Fsp3) is 0.625. The molecule has 3 rings (SSSR count). The van der Waals surface area contributed by atoms with Crippen molar-refractivity contribution in [3.8, 4) is 0 Å². The zero-order chi connectivity index (χ0) is 14.9. The fourth-order valence-electron chi connectivity index (χ4n) is 3.88. The van der Waals surface area contributed by atoms with Gasteiger partial charge < -0.3 is 10.2 Å². The Hall–Kier alpha value is -1.62. The average molecular weight is 289 g/mol. The van der Waals surface area contributed by atoms with Gasteiger partial charge in [-0.05, 0) is 25.3 Å². The van der Waals surface area contributed by atoms with Crippen LogP contribution in [0.1, 0.15) is 37.7 Å². The molecule has 0 aromatic heterocycles. The normalized spacial score (nSPS) is 21.5. The number of anilines is 1. The molecule has 2 aliphatic rings. The van der Waals surface area contributed by atoms with Crippen LogP contribution in [-0.2, 0) is 0 Å². The topological polar surface area (TPSA) is 58.4 Å². The van der Waals surface area contributed by atoms with E-state index >= 15 is 0 Å². The van der Waals surface area contributed by atoms with Gasteiger partial charge in [-0.3, -0.25) is 10.1 Å². The molecule has 1 saturated heterocycles. The summed E-state index contributed by atoms with van der Waals surface area (Å²) in [5.41, 5.74) is 2.52. The van der Waals surface area contributed by atoms with Crippen molar-refractivity contribution >= 4 is 11.4 Å². The molecule has 1 aliphatic carbocycles. The van der Waals surface area contributed by atoms with Gasteiger partial charge in [-0.15, -0.1) is 0 Å². The van der Waals surface area contributed by atoms with E-state index in [1.54, 1.807) is 12.1 Å². The quantitative estimate of drug-likeness (QED) is 0.671. The van der Waals surface area contributed by atoms with Gasteiger partial charge in [0.15, 0.2) is 0 Å². The van der Waals surface area contributed by atoms with E-state index < -0.39 is 0 Å². The summed E-state index contributed by atoms with van der Waals surface area (Å²) < 4.78 is 0. The van der Waals surface area contributed by atoms with E-state index in [2.05, 4.69) is 17.1 Å². The van der Waals surface area contributed by atoms with Crippen LogP contribution in [0.3, 0.4) is 0 Å². The van der Waals surface area contributed by atoms with E-state index in [9.17, 15) is 10.1 Å². The van der Waals surface area contributed by atoms with E-state index in [0.29, 0.717) is 0 Å². The van der Waals surface area contributed by atoms with Crippen molar-refractivity contribution in [2.75, 3.05) is 24.5 Å². The Morgan fingerprint density at radius 3 is 2.76 bits per heavy atom. The number of nitrogens with zero attached hydrogens (tertiary/aromatic N) is 2. The number of aryl methyl sites for hydroxylation is 1. The van der Waals surface area contributed by atoms with Crippen LogP contribution in [0, 0.1) is 17.0 Å². The number of benzene rings is 1. The van der Waals surface area contributed by atoms with Gasteiger partial charge in [0.2, 0.25) is 0 Å². The Balaban J connectivity index is 2.00. The maximum atomic E-state index is 11.1. The van der Waals surface area contributed by atoms with Crippen LogP contribution in [0.4, 0.5) is 11.4 Å².